The van der Waals surface area contributed by atoms with Crippen LogP contribution in [0.5, 0.6) is 5.75 Å². The van der Waals surface area contributed by atoms with E-state index in [1.54, 1.807) is 48.1 Å². The molecule has 2 aromatic rings. The van der Waals surface area contributed by atoms with Crippen LogP contribution in [0.25, 0.3) is 0 Å². The summed E-state index contributed by atoms with van der Waals surface area (Å²) in [6, 6.07) is 10.6. The minimum atomic E-state index is -0.743. The number of hydrogen-bond acceptors (Lipinski definition) is 5. The van der Waals surface area contributed by atoms with Crippen LogP contribution in [-0.2, 0) is 16.1 Å². The zero-order chi connectivity index (χ0) is 17.6. The molecule has 3 rings (SSSR count). The van der Waals surface area contributed by atoms with Crippen LogP contribution in [0.3, 0.4) is 0 Å². The topological polar surface area (TPSA) is 89.2 Å². The molecule has 0 aliphatic carbocycles. The summed E-state index contributed by atoms with van der Waals surface area (Å²) in [5.41, 5.74) is 0.397. The fraction of sp³-hybridized carbons (Fsp3) is 0.389. The second-order valence-corrected chi connectivity index (χ2v) is 5.99. The number of anilines is 1. The standard InChI is InChI=1S/C18H20N4O3/c1-13(25-16-5-3-2-4-15(16)10-19)18(23)21-17-6-8-20-22(17)11-14-7-9-24-12-14/h2-6,8,13-14H,7,9,11-12H2,1H3,(H,21,23)/t13-,14-/m0/s1. The highest BCUT2D eigenvalue weighted by atomic mass is 16.5. The van der Waals surface area contributed by atoms with Crippen LogP contribution in [0.15, 0.2) is 36.5 Å². The monoisotopic (exact) mass is 340 g/mol. The number of nitrogens with one attached hydrogen (secondary N) is 1. The van der Waals surface area contributed by atoms with Crippen molar-refractivity contribution in [2.24, 2.45) is 5.92 Å². The molecule has 1 aliphatic heterocycles. The molecule has 0 spiro atoms. The van der Waals surface area contributed by atoms with Gasteiger partial charge < -0.3 is 14.8 Å². The van der Waals surface area contributed by atoms with Crippen LogP contribution in [0.4, 0.5) is 5.82 Å². The molecule has 0 saturated carbocycles. The van der Waals surface area contributed by atoms with Crippen molar-refractivity contribution in [3.05, 3.63) is 42.1 Å². The second kappa shape index (κ2) is 7.81. The highest BCUT2D eigenvalue weighted by Crippen LogP contribution is 2.20. The van der Waals surface area contributed by atoms with Gasteiger partial charge in [0.05, 0.1) is 18.4 Å². The van der Waals surface area contributed by atoms with E-state index < -0.39 is 6.10 Å². The van der Waals surface area contributed by atoms with Gasteiger partial charge in [-0.3, -0.25) is 4.79 Å². The highest BCUT2D eigenvalue weighted by molar-refractivity contribution is 5.93. The van der Waals surface area contributed by atoms with Gasteiger partial charge in [0, 0.05) is 25.1 Å². The number of para-hydroxylation sites is 1. The summed E-state index contributed by atoms with van der Waals surface area (Å²) in [4.78, 5) is 12.4. The number of amides is 1. The van der Waals surface area contributed by atoms with E-state index in [1.165, 1.54) is 0 Å². The van der Waals surface area contributed by atoms with Crippen molar-refractivity contribution >= 4 is 11.7 Å². The van der Waals surface area contributed by atoms with Gasteiger partial charge in [0.2, 0.25) is 0 Å². The van der Waals surface area contributed by atoms with Gasteiger partial charge in [0.25, 0.3) is 5.91 Å². The molecule has 130 valence electrons. The Bertz CT molecular complexity index is 775. The summed E-state index contributed by atoms with van der Waals surface area (Å²) in [7, 11) is 0. The lowest BCUT2D eigenvalue weighted by molar-refractivity contribution is -0.122. The summed E-state index contributed by atoms with van der Waals surface area (Å²) < 4.78 is 12.8. The first-order valence-corrected chi connectivity index (χ1v) is 8.23. The number of nitrogens with zero attached hydrogens (tertiary/aromatic N) is 3. The van der Waals surface area contributed by atoms with E-state index in [0.717, 1.165) is 19.6 Å². The molecule has 0 bridgehead atoms. The van der Waals surface area contributed by atoms with Crippen molar-refractivity contribution in [2.45, 2.75) is 26.0 Å². The lowest BCUT2D eigenvalue weighted by Crippen LogP contribution is -2.31. The van der Waals surface area contributed by atoms with E-state index in [1.807, 2.05) is 0 Å². The average molecular weight is 340 g/mol. The molecule has 1 saturated heterocycles. The zero-order valence-corrected chi connectivity index (χ0v) is 14.0. The van der Waals surface area contributed by atoms with Gasteiger partial charge in [-0.05, 0) is 25.5 Å². The summed E-state index contributed by atoms with van der Waals surface area (Å²) >= 11 is 0. The van der Waals surface area contributed by atoms with Crippen LogP contribution < -0.4 is 10.1 Å². The number of carbonyl (C=O) groups is 1. The van der Waals surface area contributed by atoms with E-state index in [9.17, 15) is 4.79 Å². The fourth-order valence-electron chi connectivity index (χ4n) is 2.69. The van der Waals surface area contributed by atoms with Gasteiger partial charge in [0.15, 0.2) is 6.10 Å². The average Bonchev–Trinajstić information content (AvgIpc) is 3.28. The normalized spacial score (nSPS) is 17.7. The fourth-order valence-corrected chi connectivity index (χ4v) is 2.69. The SMILES string of the molecule is C[C@H](Oc1ccccc1C#N)C(=O)Nc1ccnn1C[C@@H]1CCOC1. The Morgan fingerprint density at radius 2 is 2.36 bits per heavy atom. The molecule has 2 atom stereocenters. The first kappa shape index (κ1) is 17.0. The number of benzene rings is 1. The summed E-state index contributed by atoms with van der Waals surface area (Å²) in [6.07, 6.45) is 1.91. The number of hydrogen-bond donors (Lipinski definition) is 1. The van der Waals surface area contributed by atoms with Crippen LogP contribution >= 0.6 is 0 Å². The number of rotatable bonds is 6. The van der Waals surface area contributed by atoms with Crippen molar-refractivity contribution in [2.75, 3.05) is 18.5 Å². The van der Waals surface area contributed by atoms with Crippen LogP contribution in [0.1, 0.15) is 18.9 Å². The third-order valence-electron chi connectivity index (χ3n) is 4.10. The lowest BCUT2D eigenvalue weighted by Gasteiger charge is -2.17. The minimum absolute atomic E-state index is 0.294. The van der Waals surface area contributed by atoms with Gasteiger partial charge in [0.1, 0.15) is 17.6 Å². The number of ether oxygens (including phenoxy) is 2. The third kappa shape index (κ3) is 4.17. The predicted octanol–water partition coefficient (Wildman–Crippen LogP) is 2.20. The Hall–Kier alpha value is -2.85. The molecule has 7 nitrogen and oxygen atoms in total. The first-order chi connectivity index (χ1) is 12.2. The van der Waals surface area contributed by atoms with Crippen LogP contribution in [-0.4, -0.2) is 35.0 Å². The Kier molecular flexibility index (Phi) is 5.31. The van der Waals surface area contributed by atoms with Crippen LogP contribution in [0, 0.1) is 17.2 Å². The van der Waals surface area contributed by atoms with E-state index in [2.05, 4.69) is 16.5 Å². The van der Waals surface area contributed by atoms with Crippen molar-refractivity contribution in [1.82, 2.24) is 9.78 Å². The lowest BCUT2D eigenvalue weighted by atomic mass is 10.1. The summed E-state index contributed by atoms with van der Waals surface area (Å²) in [6.45, 7) is 3.85. The molecule has 1 aromatic heterocycles. The smallest absolute Gasteiger partial charge is 0.266 e. The molecule has 1 amide bonds. The Balaban J connectivity index is 1.62. The maximum atomic E-state index is 12.4. The molecule has 25 heavy (non-hydrogen) atoms. The zero-order valence-electron chi connectivity index (χ0n) is 14.0. The Labute approximate surface area is 146 Å². The van der Waals surface area contributed by atoms with Gasteiger partial charge in [-0.1, -0.05) is 12.1 Å². The Morgan fingerprint density at radius 1 is 1.52 bits per heavy atom. The molecular formula is C18H20N4O3. The number of carbonyl (C=O) groups excluding carboxylic acids is 1. The van der Waals surface area contributed by atoms with Crippen molar-refractivity contribution in [3.8, 4) is 11.8 Å². The molecule has 1 N–H and O–H groups in total. The molecule has 0 unspecified atom stereocenters. The van der Waals surface area contributed by atoms with Gasteiger partial charge >= 0.3 is 0 Å². The molecule has 0 radical (unpaired) electrons. The summed E-state index contributed by atoms with van der Waals surface area (Å²) in [5, 5.41) is 16.2. The minimum Gasteiger partial charge on any atom is -0.480 e. The van der Waals surface area contributed by atoms with E-state index in [0.29, 0.717) is 29.6 Å². The van der Waals surface area contributed by atoms with Crippen molar-refractivity contribution in [3.63, 3.8) is 0 Å². The van der Waals surface area contributed by atoms with Gasteiger partial charge in [-0.2, -0.15) is 10.4 Å². The molecule has 2 heterocycles. The van der Waals surface area contributed by atoms with Crippen LogP contribution in [0.2, 0.25) is 0 Å². The second-order valence-electron chi connectivity index (χ2n) is 5.99. The van der Waals surface area contributed by atoms with Crippen molar-refractivity contribution in [1.29, 1.82) is 5.26 Å². The molecular weight excluding hydrogens is 320 g/mol. The van der Waals surface area contributed by atoms with Crippen molar-refractivity contribution < 1.29 is 14.3 Å². The van der Waals surface area contributed by atoms with Gasteiger partial charge in [-0.15, -0.1) is 0 Å². The third-order valence-corrected chi connectivity index (χ3v) is 4.10. The number of nitriles is 1. The highest BCUT2D eigenvalue weighted by Gasteiger charge is 2.21. The quantitative estimate of drug-likeness (QED) is 0.871. The maximum Gasteiger partial charge on any atom is 0.266 e. The molecule has 1 aliphatic rings. The van der Waals surface area contributed by atoms with E-state index in [4.69, 9.17) is 14.7 Å². The van der Waals surface area contributed by atoms with E-state index in [-0.39, 0.29) is 5.91 Å². The molecule has 1 aromatic carbocycles. The largest absolute Gasteiger partial charge is 0.480 e. The first-order valence-electron chi connectivity index (χ1n) is 8.23. The Morgan fingerprint density at radius 3 is 3.12 bits per heavy atom. The summed E-state index contributed by atoms with van der Waals surface area (Å²) in [5.74, 6) is 1.13. The number of aromatic nitrogens is 2. The van der Waals surface area contributed by atoms with E-state index >= 15 is 0 Å². The molecule has 1 fully saturated rings. The predicted molar refractivity (Wildman–Crippen MR) is 91.0 cm³/mol. The van der Waals surface area contributed by atoms with Gasteiger partial charge in [-0.25, -0.2) is 4.68 Å². The maximum absolute atomic E-state index is 12.4. The molecule has 7 heteroatoms.